The predicted molar refractivity (Wildman–Crippen MR) is 43.1 cm³/mol. The second-order valence-corrected chi connectivity index (χ2v) is 2.87. The van der Waals surface area contributed by atoms with Gasteiger partial charge in [0.2, 0.25) is 0 Å². The molecule has 1 atom stereocenters. The fourth-order valence-corrected chi connectivity index (χ4v) is 1.24. The van der Waals surface area contributed by atoms with E-state index in [0.29, 0.717) is 6.04 Å². The molecule has 0 aliphatic rings. The van der Waals surface area contributed by atoms with E-state index in [9.17, 15) is 0 Å². The van der Waals surface area contributed by atoms with Crippen LogP contribution in [0.4, 0.5) is 0 Å². The van der Waals surface area contributed by atoms with Crippen LogP contribution < -0.4 is 0 Å². The molecule has 0 aromatic carbocycles. The fraction of sp³-hybridized carbons (Fsp3) is 1.00. The van der Waals surface area contributed by atoms with Crippen LogP contribution in [0.2, 0.25) is 0 Å². The maximum Gasteiger partial charge on any atom is 0.0379 e. The van der Waals surface area contributed by atoms with Gasteiger partial charge in [-0.2, -0.15) is 0 Å². The quantitative estimate of drug-likeness (QED) is 0.553. The minimum Gasteiger partial charge on any atom is -0.305 e. The maximum atomic E-state index is 5.70. The van der Waals surface area contributed by atoms with Gasteiger partial charge >= 0.3 is 0 Å². The molecule has 0 N–H and O–H groups in total. The van der Waals surface area contributed by atoms with Crippen molar-refractivity contribution in [2.24, 2.45) is 0 Å². The first-order chi connectivity index (χ1) is 4.22. The smallest absolute Gasteiger partial charge is 0.0379 e. The summed E-state index contributed by atoms with van der Waals surface area (Å²) in [5.74, 6) is 0.751. The summed E-state index contributed by atoms with van der Waals surface area (Å²) in [5, 5.41) is 0. The van der Waals surface area contributed by atoms with Crippen molar-refractivity contribution >= 4 is 11.6 Å². The summed E-state index contributed by atoms with van der Waals surface area (Å²) in [5.41, 5.74) is 0. The summed E-state index contributed by atoms with van der Waals surface area (Å²) < 4.78 is 0. The largest absolute Gasteiger partial charge is 0.305 e. The van der Waals surface area contributed by atoms with Crippen molar-refractivity contribution in [2.75, 3.05) is 20.0 Å². The van der Waals surface area contributed by atoms with Gasteiger partial charge in [-0.1, -0.05) is 13.3 Å². The van der Waals surface area contributed by atoms with E-state index in [1.807, 2.05) is 0 Å². The number of hydrogen-bond donors (Lipinski definition) is 0. The highest BCUT2D eigenvalue weighted by molar-refractivity contribution is 6.18. The van der Waals surface area contributed by atoms with Crippen molar-refractivity contribution in [1.82, 2.24) is 4.90 Å². The van der Waals surface area contributed by atoms with Crippen LogP contribution >= 0.6 is 11.6 Å². The molecule has 0 saturated heterocycles. The number of hydrogen-bond acceptors (Lipinski definition) is 1. The second kappa shape index (κ2) is 5.07. The average Bonchev–Trinajstić information content (AvgIpc) is 1.82. The van der Waals surface area contributed by atoms with E-state index in [0.717, 1.165) is 5.88 Å². The van der Waals surface area contributed by atoms with Crippen molar-refractivity contribution in [3.05, 3.63) is 0 Å². The molecule has 0 bridgehead atoms. The Morgan fingerprint density at radius 2 is 2.00 bits per heavy atom. The lowest BCUT2D eigenvalue weighted by atomic mass is 10.2. The Balaban J connectivity index is 3.41. The average molecular weight is 150 g/mol. The molecule has 0 spiro atoms. The minimum atomic E-state index is 0.566. The Morgan fingerprint density at radius 1 is 1.44 bits per heavy atom. The number of nitrogens with zero attached hydrogens (tertiary/aromatic N) is 1. The Hall–Kier alpha value is 0.250. The second-order valence-electron chi connectivity index (χ2n) is 2.56. The third-order valence-corrected chi connectivity index (χ3v) is 1.89. The standard InChI is InChI=1S/C7H16ClN/c1-4-5-7(6-8)9(2)3/h7H,4-6H2,1-3H3. The summed E-state index contributed by atoms with van der Waals surface area (Å²) in [7, 11) is 4.14. The van der Waals surface area contributed by atoms with Gasteiger partial charge in [-0.25, -0.2) is 0 Å². The van der Waals surface area contributed by atoms with Crippen LogP contribution in [0.25, 0.3) is 0 Å². The molecule has 1 nitrogen and oxygen atoms in total. The van der Waals surface area contributed by atoms with Gasteiger partial charge in [0, 0.05) is 11.9 Å². The predicted octanol–water partition coefficient (Wildman–Crippen LogP) is 1.96. The third-order valence-electron chi connectivity index (χ3n) is 1.53. The lowest BCUT2D eigenvalue weighted by Crippen LogP contribution is -2.29. The molecule has 0 amide bonds. The van der Waals surface area contributed by atoms with Crippen LogP contribution in [0.1, 0.15) is 19.8 Å². The van der Waals surface area contributed by atoms with E-state index in [1.165, 1.54) is 12.8 Å². The number of halogens is 1. The Morgan fingerprint density at radius 3 is 2.11 bits per heavy atom. The minimum absolute atomic E-state index is 0.566. The van der Waals surface area contributed by atoms with Gasteiger partial charge in [-0.05, 0) is 20.5 Å². The zero-order valence-electron chi connectivity index (χ0n) is 6.52. The van der Waals surface area contributed by atoms with Gasteiger partial charge in [-0.3, -0.25) is 0 Å². The highest BCUT2D eigenvalue weighted by atomic mass is 35.5. The summed E-state index contributed by atoms with van der Waals surface area (Å²) in [6.07, 6.45) is 2.42. The van der Waals surface area contributed by atoms with Crippen LogP contribution in [0.3, 0.4) is 0 Å². The third kappa shape index (κ3) is 3.77. The van der Waals surface area contributed by atoms with Crippen molar-refractivity contribution in [3.8, 4) is 0 Å². The van der Waals surface area contributed by atoms with E-state index in [1.54, 1.807) is 0 Å². The Kier molecular flexibility index (Phi) is 5.21. The summed E-state index contributed by atoms with van der Waals surface area (Å²) in [6.45, 7) is 2.18. The van der Waals surface area contributed by atoms with E-state index in [4.69, 9.17) is 11.6 Å². The Labute approximate surface area is 63.0 Å². The lowest BCUT2D eigenvalue weighted by molar-refractivity contribution is 0.300. The molecular formula is C7H16ClN. The van der Waals surface area contributed by atoms with Crippen molar-refractivity contribution < 1.29 is 0 Å². The first-order valence-electron chi connectivity index (χ1n) is 3.44. The van der Waals surface area contributed by atoms with Crippen LogP contribution in [-0.2, 0) is 0 Å². The number of rotatable bonds is 4. The molecule has 0 fully saturated rings. The molecule has 1 unspecified atom stereocenters. The van der Waals surface area contributed by atoms with E-state index in [2.05, 4.69) is 25.9 Å². The van der Waals surface area contributed by atoms with Gasteiger partial charge < -0.3 is 4.90 Å². The molecule has 0 heterocycles. The normalized spacial score (nSPS) is 14.3. The zero-order chi connectivity index (χ0) is 7.28. The topological polar surface area (TPSA) is 3.24 Å². The first kappa shape index (κ1) is 9.25. The van der Waals surface area contributed by atoms with Gasteiger partial charge in [-0.15, -0.1) is 11.6 Å². The van der Waals surface area contributed by atoms with Crippen LogP contribution in [0, 0.1) is 0 Å². The Bertz CT molecular complexity index is 63.9. The van der Waals surface area contributed by atoms with E-state index < -0.39 is 0 Å². The zero-order valence-corrected chi connectivity index (χ0v) is 7.28. The van der Waals surface area contributed by atoms with Gasteiger partial charge in [0.25, 0.3) is 0 Å². The summed E-state index contributed by atoms with van der Waals surface area (Å²) >= 11 is 5.70. The number of alkyl halides is 1. The SMILES string of the molecule is CCCC(CCl)N(C)C. The maximum absolute atomic E-state index is 5.70. The fourth-order valence-electron chi connectivity index (χ4n) is 0.807. The molecule has 9 heavy (non-hydrogen) atoms. The molecule has 0 saturated carbocycles. The summed E-state index contributed by atoms with van der Waals surface area (Å²) in [6, 6.07) is 0.566. The van der Waals surface area contributed by atoms with Gasteiger partial charge in [0.15, 0.2) is 0 Å². The van der Waals surface area contributed by atoms with E-state index in [-0.39, 0.29) is 0 Å². The molecular weight excluding hydrogens is 134 g/mol. The first-order valence-corrected chi connectivity index (χ1v) is 3.98. The summed E-state index contributed by atoms with van der Waals surface area (Å²) in [4.78, 5) is 2.18. The van der Waals surface area contributed by atoms with Crippen molar-refractivity contribution in [3.63, 3.8) is 0 Å². The molecule has 0 rings (SSSR count). The van der Waals surface area contributed by atoms with Crippen LogP contribution in [0.15, 0.2) is 0 Å². The lowest BCUT2D eigenvalue weighted by Gasteiger charge is -2.20. The van der Waals surface area contributed by atoms with Gasteiger partial charge in [0.05, 0.1) is 0 Å². The molecule has 0 aliphatic carbocycles. The van der Waals surface area contributed by atoms with Crippen LogP contribution in [0.5, 0.6) is 0 Å². The van der Waals surface area contributed by atoms with Crippen molar-refractivity contribution in [2.45, 2.75) is 25.8 Å². The molecule has 2 heteroatoms. The van der Waals surface area contributed by atoms with Crippen LogP contribution in [-0.4, -0.2) is 30.9 Å². The monoisotopic (exact) mass is 149 g/mol. The van der Waals surface area contributed by atoms with Crippen molar-refractivity contribution in [1.29, 1.82) is 0 Å². The van der Waals surface area contributed by atoms with E-state index >= 15 is 0 Å². The molecule has 56 valence electrons. The molecule has 0 aromatic rings. The van der Waals surface area contributed by atoms with Gasteiger partial charge in [0.1, 0.15) is 0 Å². The molecule has 0 radical (unpaired) electrons. The molecule has 0 aliphatic heterocycles. The highest BCUT2D eigenvalue weighted by Crippen LogP contribution is 2.03. The highest BCUT2D eigenvalue weighted by Gasteiger charge is 2.06. The molecule has 0 aromatic heterocycles.